The van der Waals surface area contributed by atoms with Crippen molar-refractivity contribution in [1.82, 2.24) is 20.0 Å². The maximum Gasteiger partial charge on any atom is 0.252 e. The summed E-state index contributed by atoms with van der Waals surface area (Å²) >= 11 is 0. The zero-order valence-electron chi connectivity index (χ0n) is 14.2. The number of rotatable bonds is 5. The minimum atomic E-state index is -1.24. The lowest BCUT2D eigenvalue weighted by molar-refractivity contribution is -0.143. The third kappa shape index (κ3) is 3.78. The van der Waals surface area contributed by atoms with Gasteiger partial charge in [0.1, 0.15) is 11.8 Å². The Bertz CT molecular complexity index is 571. The van der Waals surface area contributed by atoms with Crippen LogP contribution in [0.5, 0.6) is 0 Å². The van der Waals surface area contributed by atoms with Gasteiger partial charge in [0.25, 0.3) is 5.91 Å². The predicted octanol–water partition coefficient (Wildman–Crippen LogP) is 1.14. The highest BCUT2D eigenvalue weighted by molar-refractivity contribution is 5.84. The van der Waals surface area contributed by atoms with Gasteiger partial charge in [0.05, 0.1) is 5.69 Å². The predicted molar refractivity (Wildman–Crippen MR) is 88.0 cm³/mol. The van der Waals surface area contributed by atoms with E-state index in [0.717, 1.165) is 25.0 Å². The summed E-state index contributed by atoms with van der Waals surface area (Å²) in [7, 11) is 1.87. The SMILES string of the molecule is Cn1nccc1CN1C[C@@H](F)C[C@H]1CNC(=O)C1(O)CCCCC1. The van der Waals surface area contributed by atoms with Crippen molar-refractivity contribution in [2.75, 3.05) is 13.1 Å². The average molecular weight is 338 g/mol. The molecule has 6 nitrogen and oxygen atoms in total. The molecule has 1 aliphatic carbocycles. The molecule has 2 heterocycles. The number of halogens is 1. The quantitative estimate of drug-likeness (QED) is 0.845. The highest BCUT2D eigenvalue weighted by Gasteiger charge is 2.38. The number of amides is 1. The van der Waals surface area contributed by atoms with Crippen molar-refractivity contribution >= 4 is 5.91 Å². The molecule has 7 heteroatoms. The van der Waals surface area contributed by atoms with Crippen molar-refractivity contribution in [1.29, 1.82) is 0 Å². The summed E-state index contributed by atoms with van der Waals surface area (Å²) in [5, 5.41) is 17.5. The molecule has 0 unspecified atom stereocenters. The average Bonchev–Trinajstić information content (AvgIpc) is 3.12. The van der Waals surface area contributed by atoms with Gasteiger partial charge < -0.3 is 10.4 Å². The number of carbonyl (C=O) groups is 1. The van der Waals surface area contributed by atoms with E-state index in [1.165, 1.54) is 0 Å². The molecule has 1 aromatic heterocycles. The Morgan fingerprint density at radius 2 is 2.21 bits per heavy atom. The van der Waals surface area contributed by atoms with Gasteiger partial charge in [-0.25, -0.2) is 4.39 Å². The highest BCUT2D eigenvalue weighted by Crippen LogP contribution is 2.28. The first kappa shape index (κ1) is 17.4. The van der Waals surface area contributed by atoms with E-state index >= 15 is 0 Å². The van der Waals surface area contributed by atoms with Crippen LogP contribution in [0.4, 0.5) is 4.39 Å². The largest absolute Gasteiger partial charge is 0.380 e. The van der Waals surface area contributed by atoms with Crippen LogP contribution in [0.3, 0.4) is 0 Å². The number of aromatic nitrogens is 2. The van der Waals surface area contributed by atoms with Gasteiger partial charge in [-0.1, -0.05) is 19.3 Å². The number of hydrogen-bond donors (Lipinski definition) is 2. The number of aliphatic hydroxyl groups is 1. The minimum Gasteiger partial charge on any atom is -0.380 e. The van der Waals surface area contributed by atoms with E-state index in [1.54, 1.807) is 10.9 Å². The van der Waals surface area contributed by atoms with Crippen molar-refractivity contribution in [3.05, 3.63) is 18.0 Å². The monoisotopic (exact) mass is 338 g/mol. The van der Waals surface area contributed by atoms with Crippen molar-refractivity contribution in [3.63, 3.8) is 0 Å². The molecular formula is C17H27FN4O2. The first-order valence-corrected chi connectivity index (χ1v) is 8.83. The van der Waals surface area contributed by atoms with E-state index in [4.69, 9.17) is 0 Å². The molecule has 1 aliphatic heterocycles. The summed E-state index contributed by atoms with van der Waals surface area (Å²) in [6.45, 7) is 1.36. The fraction of sp³-hybridized carbons (Fsp3) is 0.765. The van der Waals surface area contributed by atoms with Crippen LogP contribution in [0, 0.1) is 0 Å². The van der Waals surface area contributed by atoms with E-state index in [9.17, 15) is 14.3 Å². The van der Waals surface area contributed by atoms with Crippen LogP contribution < -0.4 is 5.32 Å². The molecule has 2 aliphatic rings. The van der Waals surface area contributed by atoms with Gasteiger partial charge in [0, 0.05) is 38.9 Å². The van der Waals surface area contributed by atoms with Crippen LogP contribution in [0.2, 0.25) is 0 Å². The van der Waals surface area contributed by atoms with Crippen molar-refractivity contribution in [3.8, 4) is 0 Å². The number of likely N-dealkylation sites (tertiary alicyclic amines) is 1. The van der Waals surface area contributed by atoms with E-state index in [0.29, 0.717) is 38.9 Å². The summed E-state index contributed by atoms with van der Waals surface area (Å²) in [5.74, 6) is -0.301. The maximum absolute atomic E-state index is 13.9. The molecule has 0 radical (unpaired) electrons. The Morgan fingerprint density at radius 1 is 1.46 bits per heavy atom. The van der Waals surface area contributed by atoms with Crippen molar-refractivity contribution in [2.24, 2.45) is 7.05 Å². The molecular weight excluding hydrogens is 311 g/mol. The number of aryl methyl sites for hydroxylation is 1. The van der Waals surface area contributed by atoms with Crippen LogP contribution in [0.1, 0.15) is 44.2 Å². The zero-order chi connectivity index (χ0) is 17.2. The van der Waals surface area contributed by atoms with Gasteiger partial charge in [-0.3, -0.25) is 14.4 Å². The lowest BCUT2D eigenvalue weighted by atomic mass is 9.84. The third-order valence-corrected chi connectivity index (χ3v) is 5.37. The molecule has 1 amide bonds. The molecule has 1 saturated carbocycles. The standard InChI is InChI=1S/C17H27FN4O2/c1-21-14(5-8-20-21)12-22-11-13(18)9-15(22)10-19-16(23)17(24)6-3-2-4-7-17/h5,8,13,15,24H,2-4,6-7,9-12H2,1H3,(H,19,23)/t13-,15-/m0/s1. The summed E-state index contributed by atoms with van der Waals surface area (Å²) in [4.78, 5) is 14.4. The minimum absolute atomic E-state index is 0.0500. The van der Waals surface area contributed by atoms with E-state index in [-0.39, 0.29) is 11.9 Å². The van der Waals surface area contributed by atoms with Gasteiger partial charge in [-0.15, -0.1) is 0 Å². The van der Waals surface area contributed by atoms with Gasteiger partial charge >= 0.3 is 0 Å². The first-order valence-electron chi connectivity index (χ1n) is 8.83. The van der Waals surface area contributed by atoms with Crippen LogP contribution in [-0.2, 0) is 18.4 Å². The number of carbonyl (C=O) groups excluding carboxylic acids is 1. The molecule has 2 atom stereocenters. The zero-order valence-corrected chi connectivity index (χ0v) is 14.2. The van der Waals surface area contributed by atoms with Crippen LogP contribution in [0.15, 0.2) is 12.3 Å². The van der Waals surface area contributed by atoms with Gasteiger partial charge in [-0.2, -0.15) is 5.10 Å². The molecule has 134 valence electrons. The lowest BCUT2D eigenvalue weighted by Crippen LogP contribution is -2.51. The second-order valence-electron chi connectivity index (χ2n) is 7.16. The summed E-state index contributed by atoms with van der Waals surface area (Å²) < 4.78 is 15.7. The van der Waals surface area contributed by atoms with Crippen LogP contribution in [-0.4, -0.2) is 56.6 Å². The summed E-state index contributed by atoms with van der Waals surface area (Å²) in [6, 6.07) is 1.87. The Hall–Kier alpha value is -1.47. The summed E-state index contributed by atoms with van der Waals surface area (Å²) in [5.41, 5.74) is -0.218. The Kier molecular flexibility index (Phi) is 5.20. The van der Waals surface area contributed by atoms with Crippen LogP contribution in [0.25, 0.3) is 0 Å². The fourth-order valence-corrected chi connectivity index (χ4v) is 3.83. The molecule has 0 aromatic carbocycles. The second kappa shape index (κ2) is 7.19. The molecule has 1 aromatic rings. The molecule has 0 bridgehead atoms. The maximum atomic E-state index is 13.9. The van der Waals surface area contributed by atoms with Crippen molar-refractivity contribution in [2.45, 2.75) is 62.9 Å². The first-order chi connectivity index (χ1) is 11.5. The van der Waals surface area contributed by atoms with E-state index < -0.39 is 11.8 Å². The van der Waals surface area contributed by atoms with E-state index in [1.807, 2.05) is 18.0 Å². The smallest absolute Gasteiger partial charge is 0.252 e. The third-order valence-electron chi connectivity index (χ3n) is 5.37. The van der Waals surface area contributed by atoms with Gasteiger partial charge in [0.15, 0.2) is 0 Å². The van der Waals surface area contributed by atoms with Gasteiger partial charge in [0.2, 0.25) is 0 Å². The number of alkyl halides is 1. The molecule has 1 saturated heterocycles. The Labute approximate surface area is 142 Å². The lowest BCUT2D eigenvalue weighted by Gasteiger charge is -2.32. The normalized spacial score (nSPS) is 27.3. The Balaban J connectivity index is 1.56. The van der Waals surface area contributed by atoms with Crippen molar-refractivity contribution < 1.29 is 14.3 Å². The number of hydrogen-bond acceptors (Lipinski definition) is 4. The Morgan fingerprint density at radius 3 is 2.88 bits per heavy atom. The van der Waals surface area contributed by atoms with Crippen LogP contribution >= 0.6 is 0 Å². The number of nitrogens with zero attached hydrogens (tertiary/aromatic N) is 3. The molecule has 2 fully saturated rings. The topological polar surface area (TPSA) is 70.4 Å². The molecule has 2 N–H and O–H groups in total. The molecule has 0 spiro atoms. The summed E-state index contributed by atoms with van der Waals surface area (Å²) in [6.07, 6.45) is 5.14. The molecule has 24 heavy (non-hydrogen) atoms. The fourth-order valence-electron chi connectivity index (χ4n) is 3.83. The van der Waals surface area contributed by atoms with E-state index in [2.05, 4.69) is 10.4 Å². The van der Waals surface area contributed by atoms with Gasteiger partial charge in [-0.05, 0) is 25.3 Å². The number of nitrogens with one attached hydrogen (secondary N) is 1. The second-order valence-corrected chi connectivity index (χ2v) is 7.16. The highest BCUT2D eigenvalue weighted by atomic mass is 19.1. The molecule has 3 rings (SSSR count).